The van der Waals surface area contributed by atoms with E-state index in [9.17, 15) is 0 Å². The van der Waals surface area contributed by atoms with Crippen LogP contribution in [0.1, 0.15) is 83.1 Å². The molecule has 0 amide bonds. The second-order valence-corrected chi connectivity index (χ2v) is 7.74. The second-order valence-electron chi connectivity index (χ2n) is 7.74. The quantitative estimate of drug-likeness (QED) is 0.199. The van der Waals surface area contributed by atoms with E-state index >= 15 is 0 Å². The molecule has 4 N–H and O–H groups in total. The predicted molar refractivity (Wildman–Crippen MR) is 141 cm³/mol. The van der Waals surface area contributed by atoms with E-state index in [-0.39, 0.29) is 0 Å². The molecule has 0 aromatic rings. The Morgan fingerprint density at radius 2 is 0.389 bits per heavy atom. The first-order valence-electron chi connectivity index (χ1n) is 14.0. The number of rotatable bonds is 12. The molecule has 0 heterocycles. The highest BCUT2D eigenvalue weighted by atomic mass is 16.6. The molecular weight excluding hydrogens is 464 g/mol. The summed E-state index contributed by atoms with van der Waals surface area (Å²) in [5, 5.41) is 33.3. The highest BCUT2D eigenvalue weighted by molar-refractivity contribution is 5.47. The van der Waals surface area contributed by atoms with Crippen molar-refractivity contribution in [2.75, 3.05) is 78.5 Å². The van der Waals surface area contributed by atoms with Crippen LogP contribution in [0.3, 0.4) is 0 Å². The minimum absolute atomic E-state index is 1.27. The number of carbonyl (C=O) groups is 2. The standard InChI is InChI=1S/4C6H15N.2CH2O3/c4*1-4-7(5-2)6-3;2*2-1(3)4/h4*4-6H2,1-3H3;2*(H2,2,3,4). The molecular formula is C26H64N4O6. The minimum Gasteiger partial charge on any atom is -0.652 e. The van der Waals surface area contributed by atoms with E-state index in [1.54, 1.807) is 19.6 Å². The van der Waals surface area contributed by atoms with Crippen molar-refractivity contribution in [3.05, 3.63) is 0 Å². The Labute approximate surface area is 223 Å². The number of hydrogen-bond acceptors (Lipinski definition) is 6. The molecule has 10 heteroatoms. The van der Waals surface area contributed by atoms with Gasteiger partial charge in [-0.3, -0.25) is 0 Å². The van der Waals surface area contributed by atoms with Crippen LogP contribution in [0.5, 0.6) is 0 Å². The van der Waals surface area contributed by atoms with Crippen LogP contribution in [0.25, 0.3) is 0 Å². The van der Waals surface area contributed by atoms with Crippen molar-refractivity contribution in [3.8, 4) is 0 Å². The van der Waals surface area contributed by atoms with Crippen molar-refractivity contribution < 1.29 is 49.6 Å². The zero-order valence-corrected chi connectivity index (χ0v) is 25.9. The molecule has 224 valence electrons. The van der Waals surface area contributed by atoms with E-state index in [0.717, 1.165) is 0 Å². The van der Waals surface area contributed by atoms with Gasteiger partial charge >= 0.3 is 0 Å². The lowest BCUT2D eigenvalue weighted by molar-refractivity contribution is -0.894. The van der Waals surface area contributed by atoms with Crippen LogP contribution >= 0.6 is 0 Å². The first-order valence-corrected chi connectivity index (χ1v) is 14.0. The van der Waals surface area contributed by atoms with E-state index in [2.05, 4.69) is 83.1 Å². The third-order valence-corrected chi connectivity index (χ3v) is 6.00. The fourth-order valence-corrected chi connectivity index (χ4v) is 3.00. The summed E-state index contributed by atoms with van der Waals surface area (Å²) < 4.78 is 0. The van der Waals surface area contributed by atoms with Crippen LogP contribution in [0.2, 0.25) is 0 Å². The number of carboxylic acid groups (broad SMARTS) is 4. The SMILES string of the molecule is CC[NH+](CC)CC.CC[NH+](CC)CC.CC[NH+](CC)CC.CC[NH+](CC)CC.O=C([O-])[O-].O=C([O-])[O-]. The summed E-state index contributed by atoms with van der Waals surface area (Å²) in [6, 6.07) is 0. The third-order valence-electron chi connectivity index (χ3n) is 6.00. The van der Waals surface area contributed by atoms with Gasteiger partial charge in [-0.2, -0.15) is 0 Å². The van der Waals surface area contributed by atoms with Crippen molar-refractivity contribution in [3.63, 3.8) is 0 Å². The van der Waals surface area contributed by atoms with E-state index in [0.29, 0.717) is 0 Å². The Morgan fingerprint density at radius 3 is 0.389 bits per heavy atom. The first-order chi connectivity index (χ1) is 16.8. The lowest BCUT2D eigenvalue weighted by Crippen LogP contribution is -3.11. The molecule has 0 aromatic heterocycles. The van der Waals surface area contributed by atoms with Gasteiger partial charge in [0.1, 0.15) is 0 Å². The number of carbonyl (C=O) groups excluding carboxylic acids is 2. The highest BCUT2D eigenvalue weighted by Gasteiger charge is 1.94. The largest absolute Gasteiger partial charge is 0.652 e. The Balaban J connectivity index is -0.0000000761. The van der Waals surface area contributed by atoms with E-state index in [4.69, 9.17) is 30.0 Å². The zero-order valence-electron chi connectivity index (χ0n) is 25.9. The summed E-state index contributed by atoms with van der Waals surface area (Å²) in [7, 11) is 0. The molecule has 0 aliphatic rings. The smallest absolute Gasteiger partial charge is 0.0742 e. The van der Waals surface area contributed by atoms with Crippen LogP contribution in [0.15, 0.2) is 0 Å². The average Bonchev–Trinajstić information content (AvgIpc) is 2.84. The Hall–Kier alpha value is -1.62. The van der Waals surface area contributed by atoms with E-state index in [1.165, 1.54) is 78.5 Å². The molecule has 0 aliphatic carbocycles. The molecule has 0 saturated carbocycles. The summed E-state index contributed by atoms with van der Waals surface area (Å²) in [5.41, 5.74) is 0. The summed E-state index contributed by atoms with van der Waals surface area (Å²) in [6.45, 7) is 41.9. The summed E-state index contributed by atoms with van der Waals surface area (Å²) in [4.78, 5) is 23.4. The predicted octanol–water partition coefficient (Wildman–Crippen LogP) is -5.17. The zero-order chi connectivity index (χ0) is 29.9. The molecule has 10 nitrogen and oxygen atoms in total. The fourth-order valence-electron chi connectivity index (χ4n) is 3.00. The monoisotopic (exact) mass is 528 g/mol. The second kappa shape index (κ2) is 43.5. The summed E-state index contributed by atoms with van der Waals surface area (Å²) in [5.74, 6) is 0. The van der Waals surface area contributed by atoms with Gasteiger partial charge < -0.3 is 49.6 Å². The van der Waals surface area contributed by atoms with Crippen LogP contribution in [0, 0.1) is 0 Å². The van der Waals surface area contributed by atoms with E-state index in [1.807, 2.05) is 0 Å². The van der Waals surface area contributed by atoms with Crippen molar-refractivity contribution in [2.45, 2.75) is 83.1 Å². The number of nitrogens with one attached hydrogen (secondary N) is 4. The van der Waals surface area contributed by atoms with Crippen molar-refractivity contribution >= 4 is 12.3 Å². The molecule has 0 saturated heterocycles. The third kappa shape index (κ3) is 63.7. The van der Waals surface area contributed by atoms with Crippen LogP contribution in [-0.4, -0.2) is 90.8 Å². The topological polar surface area (TPSA) is 144 Å². The first kappa shape index (κ1) is 47.6. The number of quaternary nitrogens is 4. The lowest BCUT2D eigenvalue weighted by atomic mass is 10.5. The molecule has 36 heavy (non-hydrogen) atoms. The van der Waals surface area contributed by atoms with Gasteiger partial charge in [-0.05, 0) is 95.4 Å². The maximum absolute atomic E-state index is 8.33. The van der Waals surface area contributed by atoms with Crippen LogP contribution in [-0.2, 0) is 0 Å². The van der Waals surface area contributed by atoms with Crippen molar-refractivity contribution in [1.29, 1.82) is 0 Å². The molecule has 0 aliphatic heterocycles. The molecule has 0 atom stereocenters. The molecule has 0 unspecified atom stereocenters. The van der Waals surface area contributed by atoms with E-state index < -0.39 is 12.3 Å². The van der Waals surface area contributed by atoms with Crippen LogP contribution < -0.4 is 40.0 Å². The van der Waals surface area contributed by atoms with Crippen LogP contribution in [0.4, 0.5) is 9.59 Å². The Bertz CT molecular complexity index is 299. The lowest BCUT2D eigenvalue weighted by Gasteiger charge is -2.10. The molecule has 0 spiro atoms. The normalized spacial score (nSPS) is 9.33. The van der Waals surface area contributed by atoms with Gasteiger partial charge in [-0.25, -0.2) is 0 Å². The number of hydrogen-bond donors (Lipinski definition) is 4. The summed E-state index contributed by atoms with van der Waals surface area (Å²) >= 11 is 0. The fraction of sp³-hybridized carbons (Fsp3) is 0.923. The van der Waals surface area contributed by atoms with Gasteiger partial charge in [0.2, 0.25) is 0 Å². The summed E-state index contributed by atoms with van der Waals surface area (Å²) in [6.07, 6.45) is -4.67. The van der Waals surface area contributed by atoms with Gasteiger partial charge in [0.15, 0.2) is 0 Å². The van der Waals surface area contributed by atoms with Crippen molar-refractivity contribution in [1.82, 2.24) is 0 Å². The van der Waals surface area contributed by atoms with Crippen molar-refractivity contribution in [2.24, 2.45) is 0 Å². The minimum atomic E-state index is -2.33. The maximum atomic E-state index is 8.33. The Kier molecular flexibility index (Phi) is 57.4. The van der Waals surface area contributed by atoms with Gasteiger partial charge in [0, 0.05) is 0 Å². The van der Waals surface area contributed by atoms with Gasteiger partial charge in [-0.1, -0.05) is 0 Å². The Morgan fingerprint density at radius 1 is 0.333 bits per heavy atom. The molecule has 0 aromatic carbocycles. The molecule has 0 radical (unpaired) electrons. The molecule has 0 rings (SSSR count). The maximum Gasteiger partial charge on any atom is 0.0742 e. The van der Waals surface area contributed by atoms with Gasteiger partial charge in [0.25, 0.3) is 0 Å². The van der Waals surface area contributed by atoms with Gasteiger partial charge in [0.05, 0.1) is 78.5 Å². The van der Waals surface area contributed by atoms with Gasteiger partial charge in [-0.15, -0.1) is 0 Å². The highest BCUT2D eigenvalue weighted by Crippen LogP contribution is 1.47. The molecule has 0 fully saturated rings. The average molecular weight is 529 g/mol. The molecule has 0 bridgehead atoms.